The van der Waals surface area contributed by atoms with E-state index in [-0.39, 0.29) is 0 Å². The number of carbonyl (C=O) groups excluding carboxylic acids is 1. The first-order chi connectivity index (χ1) is 6.79. The SMILES string of the molecule is Cc1ncc(-c2cccc(C=O)c2)s1. The molecule has 0 bridgehead atoms. The van der Waals surface area contributed by atoms with Gasteiger partial charge in [-0.1, -0.05) is 18.2 Å². The van der Waals surface area contributed by atoms with Crippen LogP contribution in [0.15, 0.2) is 30.5 Å². The summed E-state index contributed by atoms with van der Waals surface area (Å²) < 4.78 is 0. The van der Waals surface area contributed by atoms with E-state index in [1.54, 1.807) is 17.4 Å². The van der Waals surface area contributed by atoms with Gasteiger partial charge >= 0.3 is 0 Å². The molecule has 70 valence electrons. The highest BCUT2D eigenvalue weighted by Gasteiger charge is 2.01. The lowest BCUT2D eigenvalue weighted by molar-refractivity contribution is 0.112. The number of aromatic nitrogens is 1. The Morgan fingerprint density at radius 3 is 2.93 bits per heavy atom. The number of rotatable bonds is 2. The minimum atomic E-state index is 0.702. The van der Waals surface area contributed by atoms with Crippen LogP contribution in [-0.2, 0) is 0 Å². The molecule has 0 atom stereocenters. The number of carbonyl (C=O) groups is 1. The Labute approximate surface area is 86.2 Å². The molecule has 0 radical (unpaired) electrons. The van der Waals surface area contributed by atoms with Crippen LogP contribution in [0.1, 0.15) is 15.4 Å². The van der Waals surface area contributed by atoms with Crippen LogP contribution in [0.4, 0.5) is 0 Å². The molecule has 3 heteroatoms. The maximum absolute atomic E-state index is 10.6. The number of aldehydes is 1. The molecular formula is C11H9NOS. The molecule has 2 aromatic rings. The molecule has 0 fully saturated rings. The van der Waals surface area contributed by atoms with Gasteiger partial charge in [0.05, 0.1) is 9.88 Å². The molecule has 2 rings (SSSR count). The van der Waals surface area contributed by atoms with Crippen LogP contribution >= 0.6 is 11.3 Å². The molecule has 14 heavy (non-hydrogen) atoms. The standard InChI is InChI=1S/C11H9NOS/c1-8-12-6-11(14-8)10-4-2-3-9(5-10)7-13/h2-7H,1H3. The van der Waals surface area contributed by atoms with E-state index in [1.807, 2.05) is 31.3 Å². The lowest BCUT2D eigenvalue weighted by Gasteiger charge is -1.96. The maximum Gasteiger partial charge on any atom is 0.150 e. The zero-order chi connectivity index (χ0) is 9.97. The second-order valence-electron chi connectivity index (χ2n) is 2.99. The monoisotopic (exact) mass is 203 g/mol. The van der Waals surface area contributed by atoms with Gasteiger partial charge in [-0.25, -0.2) is 4.98 Å². The molecule has 0 aliphatic rings. The normalized spacial score (nSPS) is 10.1. The smallest absolute Gasteiger partial charge is 0.150 e. The molecule has 1 aromatic heterocycles. The minimum Gasteiger partial charge on any atom is -0.298 e. The van der Waals surface area contributed by atoms with Gasteiger partial charge in [0.15, 0.2) is 0 Å². The molecule has 1 aromatic carbocycles. The molecule has 0 saturated carbocycles. The van der Waals surface area contributed by atoms with E-state index in [2.05, 4.69) is 4.98 Å². The first-order valence-corrected chi connectivity index (χ1v) is 5.09. The predicted octanol–water partition coefficient (Wildman–Crippen LogP) is 2.93. The average Bonchev–Trinajstić information content (AvgIpc) is 2.65. The summed E-state index contributed by atoms with van der Waals surface area (Å²) in [5, 5.41) is 1.04. The van der Waals surface area contributed by atoms with E-state index in [9.17, 15) is 4.79 Å². The molecule has 0 spiro atoms. The van der Waals surface area contributed by atoms with Crippen LogP contribution in [0.3, 0.4) is 0 Å². The number of hydrogen-bond donors (Lipinski definition) is 0. The van der Waals surface area contributed by atoms with Gasteiger partial charge in [0.2, 0.25) is 0 Å². The fourth-order valence-corrected chi connectivity index (χ4v) is 2.03. The highest BCUT2D eigenvalue weighted by Crippen LogP contribution is 2.25. The first kappa shape index (κ1) is 9.09. The van der Waals surface area contributed by atoms with Gasteiger partial charge in [-0.05, 0) is 18.6 Å². The molecule has 0 unspecified atom stereocenters. The topological polar surface area (TPSA) is 30.0 Å². The number of nitrogens with zero attached hydrogens (tertiary/aromatic N) is 1. The van der Waals surface area contributed by atoms with Gasteiger partial charge in [0, 0.05) is 11.8 Å². The summed E-state index contributed by atoms with van der Waals surface area (Å²) in [6.07, 6.45) is 2.70. The van der Waals surface area contributed by atoms with Crippen molar-refractivity contribution in [2.75, 3.05) is 0 Å². The van der Waals surface area contributed by atoms with E-state index in [4.69, 9.17) is 0 Å². The highest BCUT2D eigenvalue weighted by atomic mass is 32.1. The van der Waals surface area contributed by atoms with Crippen molar-refractivity contribution in [3.8, 4) is 10.4 Å². The summed E-state index contributed by atoms with van der Waals surface area (Å²) in [6.45, 7) is 1.97. The van der Waals surface area contributed by atoms with Crippen molar-refractivity contribution >= 4 is 17.6 Å². The van der Waals surface area contributed by atoms with Gasteiger partial charge in [-0.2, -0.15) is 0 Å². The van der Waals surface area contributed by atoms with Crippen molar-refractivity contribution in [3.63, 3.8) is 0 Å². The van der Waals surface area contributed by atoms with Crippen LogP contribution in [0, 0.1) is 6.92 Å². The summed E-state index contributed by atoms with van der Waals surface area (Å²) in [4.78, 5) is 15.9. The van der Waals surface area contributed by atoms with Gasteiger partial charge < -0.3 is 0 Å². The Balaban J connectivity index is 2.46. The Morgan fingerprint density at radius 1 is 1.43 bits per heavy atom. The molecule has 0 aliphatic carbocycles. The van der Waals surface area contributed by atoms with Gasteiger partial charge in [0.1, 0.15) is 6.29 Å². The Morgan fingerprint density at radius 2 is 2.29 bits per heavy atom. The third kappa shape index (κ3) is 1.72. The largest absolute Gasteiger partial charge is 0.298 e. The summed E-state index contributed by atoms with van der Waals surface area (Å²) in [7, 11) is 0. The van der Waals surface area contributed by atoms with Crippen LogP contribution in [0.5, 0.6) is 0 Å². The lowest BCUT2D eigenvalue weighted by atomic mass is 10.1. The minimum absolute atomic E-state index is 0.702. The summed E-state index contributed by atoms with van der Waals surface area (Å²) in [5.74, 6) is 0. The lowest BCUT2D eigenvalue weighted by Crippen LogP contribution is -1.79. The maximum atomic E-state index is 10.6. The van der Waals surface area contributed by atoms with Crippen molar-refractivity contribution < 1.29 is 4.79 Å². The summed E-state index contributed by atoms with van der Waals surface area (Å²) in [5.41, 5.74) is 1.76. The fraction of sp³-hybridized carbons (Fsp3) is 0.0909. The van der Waals surface area contributed by atoms with Crippen LogP contribution < -0.4 is 0 Å². The Bertz CT molecular complexity index is 462. The third-order valence-electron chi connectivity index (χ3n) is 1.93. The van der Waals surface area contributed by atoms with E-state index in [0.29, 0.717) is 5.56 Å². The van der Waals surface area contributed by atoms with E-state index >= 15 is 0 Å². The molecule has 0 saturated heterocycles. The van der Waals surface area contributed by atoms with Gasteiger partial charge in [-0.3, -0.25) is 4.79 Å². The Hall–Kier alpha value is -1.48. The molecule has 1 heterocycles. The quantitative estimate of drug-likeness (QED) is 0.702. The first-order valence-electron chi connectivity index (χ1n) is 4.27. The summed E-state index contributed by atoms with van der Waals surface area (Å²) in [6, 6.07) is 7.54. The van der Waals surface area contributed by atoms with Crippen LogP contribution in [0.25, 0.3) is 10.4 Å². The number of aryl methyl sites for hydroxylation is 1. The van der Waals surface area contributed by atoms with E-state index in [0.717, 1.165) is 21.7 Å². The fourth-order valence-electron chi connectivity index (χ4n) is 1.26. The van der Waals surface area contributed by atoms with Crippen LogP contribution in [0.2, 0.25) is 0 Å². The van der Waals surface area contributed by atoms with Crippen molar-refractivity contribution in [1.82, 2.24) is 4.98 Å². The van der Waals surface area contributed by atoms with E-state index < -0.39 is 0 Å². The van der Waals surface area contributed by atoms with Crippen LogP contribution in [-0.4, -0.2) is 11.3 Å². The zero-order valence-electron chi connectivity index (χ0n) is 7.73. The highest BCUT2D eigenvalue weighted by molar-refractivity contribution is 7.15. The molecule has 0 amide bonds. The van der Waals surface area contributed by atoms with Crippen molar-refractivity contribution in [1.29, 1.82) is 0 Å². The number of thiazole rings is 1. The third-order valence-corrected chi connectivity index (χ3v) is 2.89. The number of benzene rings is 1. The number of hydrogen-bond acceptors (Lipinski definition) is 3. The zero-order valence-corrected chi connectivity index (χ0v) is 8.54. The van der Waals surface area contributed by atoms with Crippen molar-refractivity contribution in [2.24, 2.45) is 0 Å². The Kier molecular flexibility index (Phi) is 2.41. The molecular weight excluding hydrogens is 194 g/mol. The molecule has 0 aliphatic heterocycles. The van der Waals surface area contributed by atoms with Gasteiger partial charge in [0.25, 0.3) is 0 Å². The second-order valence-corrected chi connectivity index (χ2v) is 4.22. The van der Waals surface area contributed by atoms with Crippen molar-refractivity contribution in [2.45, 2.75) is 6.92 Å². The van der Waals surface area contributed by atoms with E-state index in [1.165, 1.54) is 0 Å². The molecule has 2 nitrogen and oxygen atoms in total. The summed E-state index contributed by atoms with van der Waals surface area (Å²) >= 11 is 1.63. The average molecular weight is 203 g/mol. The van der Waals surface area contributed by atoms with Gasteiger partial charge in [-0.15, -0.1) is 11.3 Å². The van der Waals surface area contributed by atoms with Crippen molar-refractivity contribution in [3.05, 3.63) is 41.0 Å². The predicted molar refractivity (Wildman–Crippen MR) is 57.7 cm³/mol. The second kappa shape index (κ2) is 3.72. The molecule has 0 N–H and O–H groups in total.